The zero-order valence-corrected chi connectivity index (χ0v) is 19.2. The molecule has 1 aromatic carbocycles. The van der Waals surface area contributed by atoms with Crippen LogP contribution in [0.1, 0.15) is 60.6 Å². The summed E-state index contributed by atoms with van der Waals surface area (Å²) < 4.78 is 18.8. The van der Waals surface area contributed by atoms with E-state index in [1.165, 1.54) is 31.4 Å². The third kappa shape index (κ3) is 6.16. The van der Waals surface area contributed by atoms with E-state index in [1.807, 2.05) is 11.9 Å². The lowest BCUT2D eigenvalue weighted by molar-refractivity contribution is -0.132. The fraction of sp³-hybridized carbons (Fsp3) is 0.583. The Balaban J connectivity index is 1.21. The van der Waals surface area contributed by atoms with Gasteiger partial charge in [0.05, 0.1) is 6.54 Å². The highest BCUT2D eigenvalue weighted by molar-refractivity contribution is 5.94. The first kappa shape index (κ1) is 23.4. The van der Waals surface area contributed by atoms with Crippen LogP contribution in [0.15, 0.2) is 28.8 Å². The molecule has 2 amide bonds. The van der Waals surface area contributed by atoms with E-state index in [-0.39, 0.29) is 11.8 Å². The number of benzene rings is 1. The number of amides is 2. The Labute approximate surface area is 193 Å². The normalized spacial score (nSPS) is 17.8. The van der Waals surface area contributed by atoms with Crippen LogP contribution in [0.3, 0.4) is 0 Å². The number of halogens is 1. The zero-order chi connectivity index (χ0) is 23.2. The third-order valence-electron chi connectivity index (χ3n) is 6.67. The standard InChI is InChI=1S/C24H32FN5O3/c1-28(20-8-3-2-4-9-20)23(31)11-10-22-26-21(27-33-22)17-29-12-14-30(15-13-29)24(32)18-6-5-7-19(25)16-18/h5-7,16,20H,2-4,8-15,17H2,1H3. The van der Waals surface area contributed by atoms with Gasteiger partial charge in [0.2, 0.25) is 11.8 Å². The molecule has 2 aromatic rings. The van der Waals surface area contributed by atoms with Crippen molar-refractivity contribution in [1.82, 2.24) is 24.8 Å². The molecule has 1 aromatic heterocycles. The first-order valence-corrected chi connectivity index (χ1v) is 11.8. The predicted molar refractivity (Wildman–Crippen MR) is 120 cm³/mol. The predicted octanol–water partition coefficient (Wildman–Crippen LogP) is 2.89. The van der Waals surface area contributed by atoms with Crippen LogP contribution in [0.5, 0.6) is 0 Å². The van der Waals surface area contributed by atoms with Crippen molar-refractivity contribution in [3.8, 4) is 0 Å². The number of nitrogens with zero attached hydrogens (tertiary/aromatic N) is 5. The number of rotatable bonds is 7. The summed E-state index contributed by atoms with van der Waals surface area (Å²) in [7, 11) is 1.90. The summed E-state index contributed by atoms with van der Waals surface area (Å²) in [5.74, 6) is 0.632. The number of hydrogen-bond donors (Lipinski definition) is 0. The summed E-state index contributed by atoms with van der Waals surface area (Å²) in [6.07, 6.45) is 6.66. The van der Waals surface area contributed by atoms with Gasteiger partial charge in [-0.1, -0.05) is 30.5 Å². The van der Waals surface area contributed by atoms with Gasteiger partial charge in [-0.15, -0.1) is 0 Å². The van der Waals surface area contributed by atoms with E-state index in [0.717, 1.165) is 12.8 Å². The van der Waals surface area contributed by atoms with Crippen molar-refractivity contribution in [3.05, 3.63) is 47.4 Å². The molecule has 0 unspecified atom stereocenters. The molecule has 2 heterocycles. The lowest BCUT2D eigenvalue weighted by Crippen LogP contribution is -2.48. The van der Waals surface area contributed by atoms with Crippen LogP contribution in [0.4, 0.5) is 4.39 Å². The summed E-state index contributed by atoms with van der Waals surface area (Å²) in [5.41, 5.74) is 0.370. The highest BCUT2D eigenvalue weighted by Crippen LogP contribution is 2.22. The second-order valence-electron chi connectivity index (χ2n) is 8.98. The summed E-state index contributed by atoms with van der Waals surface area (Å²) >= 11 is 0. The molecule has 33 heavy (non-hydrogen) atoms. The van der Waals surface area contributed by atoms with Gasteiger partial charge in [-0.05, 0) is 31.0 Å². The Morgan fingerprint density at radius 1 is 1.15 bits per heavy atom. The van der Waals surface area contributed by atoms with Crippen molar-refractivity contribution in [2.45, 2.75) is 57.5 Å². The number of carbonyl (C=O) groups excluding carboxylic acids is 2. The summed E-state index contributed by atoms with van der Waals surface area (Å²) in [5, 5.41) is 4.06. The van der Waals surface area contributed by atoms with Gasteiger partial charge in [0.15, 0.2) is 5.82 Å². The smallest absolute Gasteiger partial charge is 0.254 e. The molecule has 2 aliphatic rings. The van der Waals surface area contributed by atoms with E-state index < -0.39 is 5.82 Å². The molecule has 1 aliphatic heterocycles. The Morgan fingerprint density at radius 3 is 2.64 bits per heavy atom. The van der Waals surface area contributed by atoms with E-state index in [4.69, 9.17) is 4.52 Å². The van der Waals surface area contributed by atoms with Gasteiger partial charge in [-0.3, -0.25) is 14.5 Å². The molecule has 4 rings (SSSR count). The maximum Gasteiger partial charge on any atom is 0.254 e. The fourth-order valence-corrected chi connectivity index (χ4v) is 4.63. The zero-order valence-electron chi connectivity index (χ0n) is 19.2. The topological polar surface area (TPSA) is 82.8 Å². The molecule has 8 nitrogen and oxygen atoms in total. The van der Waals surface area contributed by atoms with Crippen molar-refractivity contribution in [3.63, 3.8) is 0 Å². The van der Waals surface area contributed by atoms with E-state index in [9.17, 15) is 14.0 Å². The molecule has 0 N–H and O–H groups in total. The molecular formula is C24H32FN5O3. The van der Waals surface area contributed by atoms with E-state index >= 15 is 0 Å². The van der Waals surface area contributed by atoms with Crippen molar-refractivity contribution in [1.29, 1.82) is 0 Å². The first-order valence-electron chi connectivity index (χ1n) is 11.8. The number of aryl methyl sites for hydroxylation is 1. The minimum Gasteiger partial charge on any atom is -0.343 e. The van der Waals surface area contributed by atoms with Crippen molar-refractivity contribution in [2.24, 2.45) is 0 Å². The van der Waals surface area contributed by atoms with Gasteiger partial charge in [-0.25, -0.2) is 4.39 Å². The fourth-order valence-electron chi connectivity index (χ4n) is 4.63. The molecule has 2 fully saturated rings. The summed E-state index contributed by atoms with van der Waals surface area (Å²) in [6, 6.07) is 6.15. The second kappa shape index (κ2) is 10.9. The van der Waals surface area contributed by atoms with Crippen LogP contribution < -0.4 is 0 Å². The molecule has 178 valence electrons. The maximum absolute atomic E-state index is 13.4. The molecule has 1 aliphatic carbocycles. The van der Waals surface area contributed by atoms with Crippen molar-refractivity contribution in [2.75, 3.05) is 33.2 Å². The van der Waals surface area contributed by atoms with Gasteiger partial charge in [0.25, 0.3) is 5.91 Å². The highest BCUT2D eigenvalue weighted by Gasteiger charge is 2.24. The van der Waals surface area contributed by atoms with Crippen LogP contribution in [-0.2, 0) is 17.8 Å². The maximum atomic E-state index is 13.4. The monoisotopic (exact) mass is 457 g/mol. The quantitative estimate of drug-likeness (QED) is 0.636. The number of carbonyl (C=O) groups is 2. The van der Waals surface area contributed by atoms with Gasteiger partial charge < -0.3 is 14.3 Å². The molecule has 0 bridgehead atoms. The molecular weight excluding hydrogens is 425 g/mol. The molecule has 0 spiro atoms. The Kier molecular flexibility index (Phi) is 7.69. The second-order valence-corrected chi connectivity index (χ2v) is 8.98. The van der Waals surface area contributed by atoms with Gasteiger partial charge in [-0.2, -0.15) is 4.98 Å². The molecule has 0 atom stereocenters. The van der Waals surface area contributed by atoms with E-state index in [2.05, 4.69) is 15.0 Å². The van der Waals surface area contributed by atoms with Gasteiger partial charge in [0.1, 0.15) is 5.82 Å². The number of aromatic nitrogens is 2. The molecule has 1 saturated carbocycles. The SMILES string of the molecule is CN(C(=O)CCc1nc(CN2CCN(C(=O)c3cccc(F)c3)CC2)no1)C1CCCCC1. The van der Waals surface area contributed by atoms with Crippen LogP contribution in [0.25, 0.3) is 0 Å². The number of piperazine rings is 1. The minimum atomic E-state index is -0.408. The van der Waals surface area contributed by atoms with Crippen LogP contribution in [0.2, 0.25) is 0 Å². The Hall–Kier alpha value is -2.81. The third-order valence-corrected chi connectivity index (χ3v) is 6.67. The molecule has 0 radical (unpaired) electrons. The van der Waals surface area contributed by atoms with Gasteiger partial charge >= 0.3 is 0 Å². The largest absolute Gasteiger partial charge is 0.343 e. The Morgan fingerprint density at radius 2 is 1.91 bits per heavy atom. The molecule has 9 heteroatoms. The highest BCUT2D eigenvalue weighted by atomic mass is 19.1. The van der Waals surface area contributed by atoms with Crippen molar-refractivity contribution < 1.29 is 18.5 Å². The van der Waals surface area contributed by atoms with Crippen LogP contribution in [0, 0.1) is 5.82 Å². The first-order chi connectivity index (χ1) is 16.0. The van der Waals surface area contributed by atoms with Crippen LogP contribution >= 0.6 is 0 Å². The summed E-state index contributed by atoms with van der Waals surface area (Å²) in [6.45, 7) is 3.00. The van der Waals surface area contributed by atoms with Crippen LogP contribution in [-0.4, -0.2) is 75.9 Å². The van der Waals surface area contributed by atoms with E-state index in [0.29, 0.717) is 68.9 Å². The minimum absolute atomic E-state index is 0.126. The lowest BCUT2D eigenvalue weighted by atomic mass is 9.94. The molecule has 1 saturated heterocycles. The average molecular weight is 458 g/mol. The average Bonchev–Trinajstić information content (AvgIpc) is 3.30. The Bertz CT molecular complexity index is 951. The lowest BCUT2D eigenvalue weighted by Gasteiger charge is -2.34. The van der Waals surface area contributed by atoms with E-state index in [1.54, 1.807) is 17.0 Å². The number of hydrogen-bond acceptors (Lipinski definition) is 6. The summed E-state index contributed by atoms with van der Waals surface area (Å²) in [4.78, 5) is 35.3. The van der Waals surface area contributed by atoms with Crippen molar-refractivity contribution >= 4 is 11.8 Å². The van der Waals surface area contributed by atoms with Gasteiger partial charge in [0, 0.05) is 57.7 Å².